The van der Waals surface area contributed by atoms with Crippen molar-refractivity contribution in [2.24, 2.45) is 0 Å². The summed E-state index contributed by atoms with van der Waals surface area (Å²) >= 11 is 0. The number of hydrogen-bond donors (Lipinski definition) is 1. The zero-order valence-corrected chi connectivity index (χ0v) is 11.7. The first-order valence-electron chi connectivity index (χ1n) is 5.80. The van der Waals surface area contributed by atoms with Crippen molar-refractivity contribution < 1.29 is 14.3 Å². The highest BCUT2D eigenvalue weighted by atomic mass is 28.2. The molecule has 0 aliphatic carbocycles. The Morgan fingerprint density at radius 3 is 2.22 bits per heavy atom. The Hall–Kier alpha value is -1.78. The third-order valence-electron chi connectivity index (χ3n) is 2.65. The number of hydrogen-bond acceptors (Lipinski definition) is 3. The molecule has 0 aliphatic heterocycles. The van der Waals surface area contributed by atoms with E-state index < -0.39 is 15.5 Å². The van der Waals surface area contributed by atoms with Crippen LogP contribution in [0.4, 0.5) is 0 Å². The van der Waals surface area contributed by atoms with Crippen LogP contribution in [-0.2, 0) is 0 Å². The lowest BCUT2D eigenvalue weighted by molar-refractivity contribution is 0.243. The molecule has 3 nitrogen and oxygen atoms in total. The zero-order chi connectivity index (χ0) is 12.8. The molecule has 1 unspecified atom stereocenters. The molecule has 0 saturated carbocycles. The van der Waals surface area contributed by atoms with Crippen molar-refractivity contribution in [3.63, 3.8) is 0 Å². The minimum atomic E-state index is -1.12. The van der Waals surface area contributed by atoms with Crippen LogP contribution < -0.4 is 9.16 Å². The predicted molar refractivity (Wildman–Crippen MR) is 73.6 cm³/mol. The highest BCUT2D eigenvalue weighted by Crippen LogP contribution is 2.26. The van der Waals surface area contributed by atoms with Gasteiger partial charge in [-0.2, -0.15) is 0 Å². The van der Waals surface area contributed by atoms with Crippen LogP contribution in [0.2, 0.25) is 0 Å². The number of methoxy groups -OCH3 is 1. The third-order valence-corrected chi connectivity index (χ3v) is 3.91. The molecule has 0 amide bonds. The van der Waals surface area contributed by atoms with Crippen molar-refractivity contribution in [2.45, 2.75) is 5.73 Å². The summed E-state index contributed by atoms with van der Waals surface area (Å²) in [4.78, 5) is 0. The summed E-state index contributed by atoms with van der Waals surface area (Å²) < 4.78 is 10.9. The second kappa shape index (κ2) is 6.23. The van der Waals surface area contributed by atoms with Crippen LogP contribution in [0.5, 0.6) is 11.5 Å². The zero-order valence-electron chi connectivity index (χ0n) is 10.2. The molecule has 0 radical (unpaired) electrons. The number of aliphatic hydroxyl groups excluding tert-OH is 1. The standard InChI is InChI=1S/C14H16O3Si/c1-16-12-9-5-6-10-13(12)17-18-14(15)11-7-3-2-4-8-11/h2-10,14-15H,18H2,1H3. The van der Waals surface area contributed by atoms with Crippen molar-refractivity contribution in [3.05, 3.63) is 60.2 Å². The number of benzene rings is 2. The maximum Gasteiger partial charge on any atom is 0.252 e. The highest BCUT2D eigenvalue weighted by molar-refractivity contribution is 6.30. The van der Waals surface area contributed by atoms with Crippen LogP contribution in [0.15, 0.2) is 54.6 Å². The molecule has 0 bridgehead atoms. The fourth-order valence-electron chi connectivity index (χ4n) is 1.68. The molecule has 2 aromatic carbocycles. The van der Waals surface area contributed by atoms with Crippen LogP contribution in [0.3, 0.4) is 0 Å². The van der Waals surface area contributed by atoms with Crippen molar-refractivity contribution in [1.29, 1.82) is 0 Å². The van der Waals surface area contributed by atoms with Gasteiger partial charge in [-0.1, -0.05) is 42.5 Å². The highest BCUT2D eigenvalue weighted by Gasteiger charge is 2.10. The number of ether oxygens (including phenoxy) is 1. The van der Waals surface area contributed by atoms with E-state index in [2.05, 4.69) is 0 Å². The molecule has 0 saturated heterocycles. The van der Waals surface area contributed by atoms with Gasteiger partial charge in [0.2, 0.25) is 0 Å². The first-order valence-corrected chi connectivity index (χ1v) is 7.19. The third kappa shape index (κ3) is 3.12. The molecule has 18 heavy (non-hydrogen) atoms. The van der Waals surface area contributed by atoms with Gasteiger partial charge in [-0.25, -0.2) is 0 Å². The number of para-hydroxylation sites is 2. The van der Waals surface area contributed by atoms with E-state index in [1.807, 2.05) is 54.6 Å². The van der Waals surface area contributed by atoms with E-state index in [-0.39, 0.29) is 0 Å². The lowest BCUT2D eigenvalue weighted by atomic mass is 10.2. The molecule has 94 valence electrons. The molecule has 0 aromatic heterocycles. The molecule has 0 heterocycles. The van der Waals surface area contributed by atoms with Crippen molar-refractivity contribution in [1.82, 2.24) is 0 Å². The molecule has 0 spiro atoms. The average Bonchev–Trinajstić information content (AvgIpc) is 2.46. The lowest BCUT2D eigenvalue weighted by Gasteiger charge is -2.14. The Kier molecular flexibility index (Phi) is 4.39. The summed E-state index contributed by atoms with van der Waals surface area (Å²) in [6.07, 6.45) is 0. The average molecular weight is 260 g/mol. The van der Waals surface area contributed by atoms with E-state index in [1.165, 1.54) is 0 Å². The summed E-state index contributed by atoms with van der Waals surface area (Å²) in [6, 6.07) is 17.0. The van der Waals surface area contributed by atoms with Crippen molar-refractivity contribution in [3.8, 4) is 11.5 Å². The Labute approximate surface area is 109 Å². The van der Waals surface area contributed by atoms with Gasteiger partial charge < -0.3 is 14.3 Å². The minimum absolute atomic E-state index is 0.504. The fraction of sp³-hybridized carbons (Fsp3) is 0.143. The molecule has 2 rings (SSSR count). The van der Waals surface area contributed by atoms with Gasteiger partial charge in [0.15, 0.2) is 5.75 Å². The van der Waals surface area contributed by atoms with Crippen LogP contribution >= 0.6 is 0 Å². The van der Waals surface area contributed by atoms with Crippen LogP contribution in [0, 0.1) is 0 Å². The second-order valence-electron chi connectivity index (χ2n) is 3.89. The molecule has 1 atom stereocenters. The normalized spacial score (nSPS) is 12.6. The second-order valence-corrected chi connectivity index (χ2v) is 5.28. The van der Waals surface area contributed by atoms with Crippen molar-refractivity contribution in [2.75, 3.05) is 7.11 Å². The Balaban J connectivity index is 1.99. The largest absolute Gasteiger partial charge is 0.544 e. The summed E-state index contributed by atoms with van der Waals surface area (Å²) in [5, 5.41) is 10.0. The predicted octanol–water partition coefficient (Wildman–Crippen LogP) is 1.85. The summed E-state index contributed by atoms with van der Waals surface area (Å²) in [7, 11) is 0.492. The van der Waals surface area contributed by atoms with Gasteiger partial charge in [0.25, 0.3) is 9.76 Å². The first-order chi connectivity index (χ1) is 8.81. The molecule has 2 aromatic rings. The summed E-state index contributed by atoms with van der Waals surface area (Å²) in [5.74, 6) is 1.40. The van der Waals surface area contributed by atoms with E-state index in [1.54, 1.807) is 7.11 Å². The van der Waals surface area contributed by atoms with Gasteiger partial charge in [-0.05, 0) is 17.7 Å². The smallest absolute Gasteiger partial charge is 0.252 e. The topological polar surface area (TPSA) is 38.7 Å². The maximum absolute atomic E-state index is 10.0. The van der Waals surface area contributed by atoms with Crippen LogP contribution in [0.25, 0.3) is 0 Å². The van der Waals surface area contributed by atoms with Gasteiger partial charge in [-0.15, -0.1) is 0 Å². The van der Waals surface area contributed by atoms with Gasteiger partial charge >= 0.3 is 0 Å². The van der Waals surface area contributed by atoms with Crippen LogP contribution in [-0.4, -0.2) is 22.0 Å². The van der Waals surface area contributed by atoms with Gasteiger partial charge in [0, 0.05) is 0 Å². The fourth-order valence-corrected chi connectivity index (χ4v) is 2.72. The molecule has 0 fully saturated rings. The summed E-state index contributed by atoms with van der Waals surface area (Å²) in [6.45, 7) is 0. The molecule has 1 N–H and O–H groups in total. The van der Waals surface area contributed by atoms with Crippen LogP contribution in [0.1, 0.15) is 11.3 Å². The van der Waals surface area contributed by atoms with E-state index in [0.717, 1.165) is 5.56 Å². The SMILES string of the molecule is COc1ccccc1O[SiH2]C(O)c1ccccc1. The maximum atomic E-state index is 10.0. The molecular weight excluding hydrogens is 244 g/mol. The number of rotatable bonds is 5. The van der Waals surface area contributed by atoms with Gasteiger partial charge in [-0.3, -0.25) is 0 Å². The molecule has 0 aliphatic rings. The Morgan fingerprint density at radius 1 is 0.944 bits per heavy atom. The lowest BCUT2D eigenvalue weighted by Crippen LogP contribution is -2.14. The molecular formula is C14H16O3Si. The first kappa shape index (κ1) is 12.7. The molecule has 4 heteroatoms. The van der Waals surface area contributed by atoms with E-state index in [4.69, 9.17) is 9.16 Å². The van der Waals surface area contributed by atoms with Crippen molar-refractivity contribution >= 4 is 9.76 Å². The van der Waals surface area contributed by atoms with Gasteiger partial charge in [0.05, 0.1) is 7.11 Å². The monoisotopic (exact) mass is 260 g/mol. The van der Waals surface area contributed by atoms with E-state index in [9.17, 15) is 5.11 Å². The van der Waals surface area contributed by atoms with Gasteiger partial charge in [0.1, 0.15) is 11.5 Å². The van der Waals surface area contributed by atoms with E-state index in [0.29, 0.717) is 11.5 Å². The number of aliphatic hydroxyl groups is 1. The quantitative estimate of drug-likeness (QED) is 0.834. The Morgan fingerprint density at radius 2 is 1.56 bits per heavy atom. The minimum Gasteiger partial charge on any atom is -0.544 e. The Bertz CT molecular complexity index is 487. The van der Waals surface area contributed by atoms with E-state index >= 15 is 0 Å². The summed E-state index contributed by atoms with van der Waals surface area (Å²) in [5.41, 5.74) is 0.398.